The maximum absolute atomic E-state index is 5.48. The fraction of sp³-hybridized carbons (Fsp3) is 0.400. The summed E-state index contributed by atoms with van der Waals surface area (Å²) in [5.41, 5.74) is -0.127. The molecular formula is C10H12B3N2O2. The summed E-state index contributed by atoms with van der Waals surface area (Å²) in [7, 11) is 10.0. The van der Waals surface area contributed by atoms with Crippen molar-refractivity contribution in [3.8, 4) is 11.7 Å². The Morgan fingerprint density at radius 2 is 1.88 bits per heavy atom. The number of aromatic nitrogens is 2. The van der Waals surface area contributed by atoms with E-state index in [0.29, 0.717) is 17.5 Å². The summed E-state index contributed by atoms with van der Waals surface area (Å²) in [6.07, 6.45) is 1.58. The third-order valence-corrected chi connectivity index (χ3v) is 1.80. The summed E-state index contributed by atoms with van der Waals surface area (Å²) in [5, 5.41) is 7.88. The van der Waals surface area contributed by atoms with Crippen LogP contribution < -0.4 is 0 Å². The molecule has 0 N–H and O–H groups in total. The molecule has 0 fully saturated rings. The van der Waals surface area contributed by atoms with E-state index in [0.717, 1.165) is 7.06 Å². The van der Waals surface area contributed by atoms with E-state index < -0.39 is 0 Å². The molecular weight excluding hydrogens is 213 g/mol. The molecule has 0 saturated carbocycles. The average Bonchev–Trinajstić information content (AvgIpc) is 2.89. The molecule has 0 aliphatic rings. The van der Waals surface area contributed by atoms with Gasteiger partial charge in [-0.15, -0.1) is 10.2 Å². The first-order valence-corrected chi connectivity index (χ1v) is 5.12. The number of hydrogen-bond acceptors (Lipinski definition) is 4. The van der Waals surface area contributed by atoms with Crippen molar-refractivity contribution in [2.24, 2.45) is 0 Å². The van der Waals surface area contributed by atoms with Crippen LogP contribution in [0.25, 0.3) is 11.7 Å². The SMILES string of the molecule is CC(C)(C)c1nnc(-c2ccco2)o1.[B][B][B]. The highest BCUT2D eigenvalue weighted by Crippen LogP contribution is 2.25. The fourth-order valence-electron chi connectivity index (χ4n) is 1.03. The van der Waals surface area contributed by atoms with Crippen molar-refractivity contribution >= 4 is 22.5 Å². The molecule has 17 heavy (non-hydrogen) atoms. The first-order chi connectivity index (χ1) is 7.99. The number of nitrogens with zero attached hydrogens (tertiary/aromatic N) is 2. The second-order valence-corrected chi connectivity index (χ2v) is 4.33. The van der Waals surface area contributed by atoms with Crippen molar-refractivity contribution < 1.29 is 8.83 Å². The predicted molar refractivity (Wildman–Crippen MR) is 68.0 cm³/mol. The fourth-order valence-corrected chi connectivity index (χ4v) is 1.03. The molecule has 5 radical (unpaired) electrons. The smallest absolute Gasteiger partial charge is 0.283 e. The van der Waals surface area contributed by atoms with Gasteiger partial charge in [0, 0.05) is 28.0 Å². The van der Waals surface area contributed by atoms with E-state index in [2.05, 4.69) is 25.7 Å². The van der Waals surface area contributed by atoms with Gasteiger partial charge in [0.05, 0.1) is 6.26 Å². The van der Waals surface area contributed by atoms with Gasteiger partial charge >= 0.3 is 0 Å². The van der Waals surface area contributed by atoms with Gasteiger partial charge in [-0.05, 0) is 12.1 Å². The maximum Gasteiger partial charge on any atom is 0.283 e. The summed E-state index contributed by atoms with van der Waals surface area (Å²) in [6, 6.07) is 3.58. The zero-order chi connectivity index (χ0) is 12.9. The van der Waals surface area contributed by atoms with Gasteiger partial charge in [-0.3, -0.25) is 0 Å². The first kappa shape index (κ1) is 13.7. The molecule has 0 amide bonds. The van der Waals surface area contributed by atoms with Crippen LogP contribution in [0.15, 0.2) is 27.2 Å². The Morgan fingerprint density at radius 1 is 1.24 bits per heavy atom. The molecule has 2 rings (SSSR count). The Kier molecular flexibility index (Phi) is 4.67. The molecule has 0 aliphatic heterocycles. The molecule has 0 bridgehead atoms. The molecule has 0 aromatic carbocycles. The average molecular weight is 225 g/mol. The van der Waals surface area contributed by atoms with Gasteiger partial charge in [-0.25, -0.2) is 0 Å². The van der Waals surface area contributed by atoms with E-state index in [4.69, 9.17) is 8.83 Å². The topological polar surface area (TPSA) is 52.1 Å². The highest BCUT2D eigenvalue weighted by atomic mass is 16.4. The van der Waals surface area contributed by atoms with Crippen molar-refractivity contribution in [2.75, 3.05) is 0 Å². The summed E-state index contributed by atoms with van der Waals surface area (Å²) in [5.74, 6) is 1.65. The molecule has 4 nitrogen and oxygen atoms in total. The maximum atomic E-state index is 5.48. The van der Waals surface area contributed by atoms with Gasteiger partial charge in [0.25, 0.3) is 5.89 Å². The lowest BCUT2D eigenvalue weighted by Gasteiger charge is -2.10. The van der Waals surface area contributed by atoms with E-state index in [1.54, 1.807) is 18.4 Å². The van der Waals surface area contributed by atoms with Crippen LogP contribution >= 0.6 is 0 Å². The summed E-state index contributed by atoms with van der Waals surface area (Å²) in [6.45, 7) is 6.06. The van der Waals surface area contributed by atoms with E-state index in [1.165, 1.54) is 0 Å². The Labute approximate surface area is 104 Å². The van der Waals surface area contributed by atoms with E-state index in [9.17, 15) is 0 Å². The zero-order valence-electron chi connectivity index (χ0n) is 10.2. The standard InChI is InChI=1S/C10H12N2O2.B3/c1-10(2,3)9-12-11-8(14-9)7-5-4-6-13-7;1-3-2/h4-6H,1-3H3;. The lowest BCUT2D eigenvalue weighted by Crippen LogP contribution is -2.11. The van der Waals surface area contributed by atoms with Crippen LogP contribution in [-0.2, 0) is 5.41 Å². The van der Waals surface area contributed by atoms with Crippen molar-refractivity contribution in [3.63, 3.8) is 0 Å². The molecule has 7 heteroatoms. The molecule has 2 aromatic heterocycles. The minimum absolute atomic E-state index is 0.127. The third-order valence-electron chi connectivity index (χ3n) is 1.80. The first-order valence-electron chi connectivity index (χ1n) is 5.12. The molecule has 0 spiro atoms. The summed E-state index contributed by atoms with van der Waals surface area (Å²) >= 11 is 0. The molecule has 2 heterocycles. The monoisotopic (exact) mass is 225 g/mol. The molecule has 0 aliphatic carbocycles. The highest BCUT2D eigenvalue weighted by molar-refractivity contribution is 7.17. The second kappa shape index (κ2) is 5.80. The van der Waals surface area contributed by atoms with Gasteiger partial charge in [-0.2, -0.15) is 0 Å². The largest absolute Gasteiger partial charge is 0.459 e. The Morgan fingerprint density at radius 3 is 2.29 bits per heavy atom. The summed E-state index contributed by atoms with van der Waals surface area (Å²) < 4.78 is 10.6. The van der Waals surface area contributed by atoms with Gasteiger partial charge in [0.2, 0.25) is 5.89 Å². The molecule has 0 unspecified atom stereocenters. The lowest BCUT2D eigenvalue weighted by molar-refractivity contribution is 0.393. The second-order valence-electron chi connectivity index (χ2n) is 4.33. The highest BCUT2D eigenvalue weighted by Gasteiger charge is 2.22. The van der Waals surface area contributed by atoms with Crippen molar-refractivity contribution in [3.05, 3.63) is 24.3 Å². The van der Waals surface area contributed by atoms with Crippen LogP contribution in [0.2, 0.25) is 0 Å². The van der Waals surface area contributed by atoms with Gasteiger partial charge in [0.1, 0.15) is 0 Å². The quantitative estimate of drug-likeness (QED) is 0.689. The van der Waals surface area contributed by atoms with Crippen LogP contribution in [0, 0.1) is 0 Å². The van der Waals surface area contributed by atoms with Crippen LogP contribution in [0.4, 0.5) is 0 Å². The van der Waals surface area contributed by atoms with Gasteiger partial charge in [0.15, 0.2) is 5.76 Å². The molecule has 0 saturated heterocycles. The number of rotatable bonds is 1. The number of furan rings is 1. The van der Waals surface area contributed by atoms with E-state index in [-0.39, 0.29) is 5.41 Å². The van der Waals surface area contributed by atoms with Crippen molar-refractivity contribution in [2.45, 2.75) is 26.2 Å². The minimum atomic E-state index is -0.127. The third kappa shape index (κ3) is 3.84. The van der Waals surface area contributed by atoms with Crippen LogP contribution in [-0.4, -0.2) is 32.7 Å². The minimum Gasteiger partial charge on any atom is -0.459 e. The Bertz CT molecular complexity index is 435. The predicted octanol–water partition coefficient (Wildman–Crippen LogP) is 1.48. The van der Waals surface area contributed by atoms with Gasteiger partial charge < -0.3 is 8.83 Å². The number of hydrogen-bond donors (Lipinski definition) is 0. The van der Waals surface area contributed by atoms with Gasteiger partial charge in [-0.1, -0.05) is 20.8 Å². The van der Waals surface area contributed by atoms with Crippen LogP contribution in [0.1, 0.15) is 26.7 Å². The Hall–Kier alpha value is -1.39. The lowest BCUT2D eigenvalue weighted by atomic mass is 9.40. The molecule has 83 valence electrons. The van der Waals surface area contributed by atoms with Crippen LogP contribution in [0.5, 0.6) is 0 Å². The van der Waals surface area contributed by atoms with Crippen molar-refractivity contribution in [1.29, 1.82) is 0 Å². The van der Waals surface area contributed by atoms with Crippen LogP contribution in [0.3, 0.4) is 0 Å². The van der Waals surface area contributed by atoms with E-state index in [1.807, 2.05) is 20.8 Å². The molecule has 0 atom stereocenters. The van der Waals surface area contributed by atoms with Crippen molar-refractivity contribution in [1.82, 2.24) is 10.2 Å². The summed E-state index contributed by atoms with van der Waals surface area (Å²) in [4.78, 5) is 0. The molecule has 2 aromatic rings. The zero-order valence-corrected chi connectivity index (χ0v) is 10.2. The normalized spacial score (nSPS) is 10.5. The van der Waals surface area contributed by atoms with E-state index >= 15 is 0 Å². The Balaban J connectivity index is 0.000000437.